The Labute approximate surface area is 243 Å². The van der Waals surface area contributed by atoms with Crippen molar-refractivity contribution in [3.63, 3.8) is 0 Å². The van der Waals surface area contributed by atoms with Gasteiger partial charge in [0, 0.05) is 23.1 Å². The van der Waals surface area contributed by atoms with E-state index >= 15 is 4.39 Å². The SMILES string of the molecule is [2H]C([2H])(Oc1cc(Cl)c(C2(O)CC(c3cccc(C(=O)O)c3)C2)cc1F)c1c(-c2c(C)cccc2Cl)noc1C1CC1. The number of rotatable bonds is 8. The summed E-state index contributed by atoms with van der Waals surface area (Å²) in [5, 5.41) is 25.1. The summed E-state index contributed by atoms with van der Waals surface area (Å²) in [6.45, 7) is -0.748. The number of aliphatic hydroxyl groups is 1. The molecule has 0 saturated heterocycles. The van der Waals surface area contributed by atoms with Gasteiger partial charge in [0.1, 0.15) is 18.0 Å². The summed E-state index contributed by atoms with van der Waals surface area (Å²) in [6.07, 6.45) is 2.02. The average Bonchev–Trinajstić information content (AvgIpc) is 3.67. The minimum Gasteiger partial charge on any atom is -0.486 e. The molecule has 2 fully saturated rings. The molecule has 2 aliphatic carbocycles. The molecule has 0 unspecified atom stereocenters. The van der Waals surface area contributed by atoms with Crippen LogP contribution in [0.2, 0.25) is 10.0 Å². The van der Waals surface area contributed by atoms with Crippen molar-refractivity contribution in [3.05, 3.63) is 104 Å². The van der Waals surface area contributed by atoms with Crippen LogP contribution in [-0.2, 0) is 12.2 Å². The van der Waals surface area contributed by atoms with Crippen molar-refractivity contribution in [3.8, 4) is 17.0 Å². The molecule has 2 N–H and O–H groups in total. The highest BCUT2D eigenvalue weighted by atomic mass is 35.5. The molecule has 4 aromatic rings. The first-order valence-electron chi connectivity index (χ1n) is 13.9. The molecule has 0 atom stereocenters. The van der Waals surface area contributed by atoms with Crippen molar-refractivity contribution in [2.75, 3.05) is 0 Å². The summed E-state index contributed by atoms with van der Waals surface area (Å²) in [6, 6.07) is 14.0. The largest absolute Gasteiger partial charge is 0.486 e. The van der Waals surface area contributed by atoms with E-state index in [0.29, 0.717) is 16.3 Å². The number of nitrogens with zero attached hydrogens (tertiary/aromatic N) is 1. The molecule has 6 nitrogen and oxygen atoms in total. The number of carbonyl (C=O) groups is 1. The van der Waals surface area contributed by atoms with E-state index in [4.69, 9.17) is 35.2 Å². The Morgan fingerprint density at radius 2 is 1.90 bits per heavy atom. The molecular weight excluding hydrogens is 556 g/mol. The second kappa shape index (κ2) is 10.2. The van der Waals surface area contributed by atoms with Crippen LogP contribution in [0, 0.1) is 12.7 Å². The Morgan fingerprint density at radius 1 is 1.15 bits per heavy atom. The molecule has 0 radical (unpaired) electrons. The lowest BCUT2D eigenvalue weighted by atomic mass is 9.65. The summed E-state index contributed by atoms with van der Waals surface area (Å²) in [4.78, 5) is 11.3. The Bertz CT molecular complexity index is 1700. The third-order valence-electron chi connectivity index (χ3n) is 7.68. The molecule has 3 aromatic carbocycles. The fourth-order valence-electron chi connectivity index (χ4n) is 5.33. The lowest BCUT2D eigenvalue weighted by Crippen LogP contribution is -2.40. The lowest BCUT2D eigenvalue weighted by molar-refractivity contribution is -0.0551. The van der Waals surface area contributed by atoms with Crippen LogP contribution < -0.4 is 4.74 Å². The van der Waals surface area contributed by atoms with Crippen LogP contribution in [0.1, 0.15) is 78.6 Å². The van der Waals surface area contributed by atoms with Gasteiger partial charge in [0.15, 0.2) is 11.6 Å². The molecule has 0 aliphatic heterocycles. The second-order valence-electron chi connectivity index (χ2n) is 10.5. The van der Waals surface area contributed by atoms with Gasteiger partial charge in [0.2, 0.25) is 0 Å². The van der Waals surface area contributed by atoms with Crippen LogP contribution in [0.25, 0.3) is 11.3 Å². The van der Waals surface area contributed by atoms with Gasteiger partial charge in [-0.2, -0.15) is 0 Å². The second-order valence-corrected chi connectivity index (χ2v) is 11.3. The van der Waals surface area contributed by atoms with E-state index in [1.54, 1.807) is 30.3 Å². The first-order valence-corrected chi connectivity index (χ1v) is 13.6. The van der Waals surface area contributed by atoms with Crippen LogP contribution in [0.15, 0.2) is 59.1 Å². The van der Waals surface area contributed by atoms with Crippen molar-refractivity contribution in [1.82, 2.24) is 5.16 Å². The number of carboxylic acid groups (broad SMARTS) is 1. The molecular formula is C31H26Cl2FNO5. The first-order chi connectivity index (χ1) is 19.9. The van der Waals surface area contributed by atoms with Crippen LogP contribution >= 0.6 is 23.2 Å². The third kappa shape index (κ3) is 4.87. The van der Waals surface area contributed by atoms with Crippen molar-refractivity contribution in [2.24, 2.45) is 0 Å². The molecule has 1 heterocycles. The van der Waals surface area contributed by atoms with Gasteiger partial charge < -0.3 is 19.5 Å². The van der Waals surface area contributed by atoms with Gasteiger partial charge in [-0.25, -0.2) is 9.18 Å². The van der Waals surface area contributed by atoms with Crippen molar-refractivity contribution >= 4 is 29.2 Å². The summed E-state index contributed by atoms with van der Waals surface area (Å²) in [5.41, 5.74) is 1.11. The van der Waals surface area contributed by atoms with Crippen LogP contribution in [0.5, 0.6) is 5.75 Å². The lowest BCUT2D eigenvalue weighted by Gasteiger charge is -2.44. The van der Waals surface area contributed by atoms with E-state index < -0.39 is 29.7 Å². The number of aromatic carboxylic acids is 1. The van der Waals surface area contributed by atoms with E-state index in [9.17, 15) is 15.0 Å². The quantitative estimate of drug-likeness (QED) is 0.218. The topological polar surface area (TPSA) is 92.8 Å². The summed E-state index contributed by atoms with van der Waals surface area (Å²) >= 11 is 13.0. The molecule has 9 heteroatoms. The normalized spacial score (nSPS) is 21.4. The molecule has 206 valence electrons. The van der Waals surface area contributed by atoms with E-state index in [2.05, 4.69) is 5.16 Å². The Morgan fingerprint density at radius 3 is 2.60 bits per heavy atom. The van der Waals surface area contributed by atoms with E-state index in [1.165, 1.54) is 6.07 Å². The highest BCUT2D eigenvalue weighted by Gasteiger charge is 2.46. The monoisotopic (exact) mass is 583 g/mol. The zero-order chi connectivity index (χ0) is 30.0. The number of hydrogen-bond donors (Lipinski definition) is 2. The van der Waals surface area contributed by atoms with Crippen molar-refractivity contribution in [1.29, 1.82) is 0 Å². The number of ether oxygens (including phenoxy) is 1. The maximum atomic E-state index is 15.5. The van der Waals surface area contributed by atoms with Crippen LogP contribution in [0.3, 0.4) is 0 Å². The molecule has 6 rings (SSSR count). The summed E-state index contributed by atoms with van der Waals surface area (Å²) in [5.74, 6) is -2.22. The summed E-state index contributed by atoms with van der Waals surface area (Å²) < 4.78 is 44.5. The van der Waals surface area contributed by atoms with Gasteiger partial charge in [-0.3, -0.25) is 0 Å². The maximum absolute atomic E-state index is 15.5. The van der Waals surface area contributed by atoms with Crippen LogP contribution in [0.4, 0.5) is 4.39 Å². The predicted octanol–water partition coefficient (Wildman–Crippen LogP) is 8.02. The fraction of sp³-hybridized carbons (Fsp3) is 0.290. The smallest absolute Gasteiger partial charge is 0.335 e. The fourth-order valence-corrected chi connectivity index (χ4v) is 5.98. The predicted molar refractivity (Wildman–Crippen MR) is 149 cm³/mol. The van der Waals surface area contributed by atoms with Gasteiger partial charge in [0.05, 0.1) is 29.5 Å². The van der Waals surface area contributed by atoms with Crippen LogP contribution in [-0.4, -0.2) is 21.3 Å². The molecule has 40 heavy (non-hydrogen) atoms. The summed E-state index contributed by atoms with van der Waals surface area (Å²) in [7, 11) is 0. The van der Waals surface area contributed by atoms with Gasteiger partial charge >= 0.3 is 5.97 Å². The molecule has 0 bridgehead atoms. The number of halogens is 3. The van der Waals surface area contributed by atoms with E-state index in [1.807, 2.05) is 13.0 Å². The number of aryl methyl sites for hydroxylation is 1. The van der Waals surface area contributed by atoms with Gasteiger partial charge in [-0.1, -0.05) is 52.6 Å². The van der Waals surface area contributed by atoms with E-state index in [-0.39, 0.29) is 52.1 Å². The molecule has 0 spiro atoms. The van der Waals surface area contributed by atoms with Gasteiger partial charge in [-0.15, -0.1) is 0 Å². The Hall–Kier alpha value is -3.39. The maximum Gasteiger partial charge on any atom is 0.335 e. The molecule has 1 aromatic heterocycles. The van der Waals surface area contributed by atoms with Crippen molar-refractivity contribution < 1.29 is 31.4 Å². The number of carboxylic acids is 1. The zero-order valence-corrected chi connectivity index (χ0v) is 22.9. The third-order valence-corrected chi connectivity index (χ3v) is 8.31. The zero-order valence-electron chi connectivity index (χ0n) is 23.4. The van der Waals surface area contributed by atoms with Crippen molar-refractivity contribution in [2.45, 2.75) is 56.6 Å². The molecule has 2 aliphatic rings. The molecule has 2 saturated carbocycles. The Kier molecular flexibility index (Phi) is 6.24. The average molecular weight is 584 g/mol. The number of benzene rings is 3. The standard InChI is InChI=1S/C31H26Cl2FNO5/c1-16-4-2-7-23(32)27(16)28-21(29(40-35-28)17-8-9-17)15-39-26-12-24(33)22(11-25(26)34)31(38)13-20(14-31)18-5-3-6-19(10-18)30(36)37/h2-7,10-12,17,20,38H,8-9,13-15H2,1H3,(H,36,37)/i15D2. The van der Waals surface area contributed by atoms with E-state index in [0.717, 1.165) is 36.1 Å². The number of aromatic nitrogens is 1. The minimum absolute atomic E-state index is 0.0114. The highest BCUT2D eigenvalue weighted by molar-refractivity contribution is 6.33. The Balaban J connectivity index is 1.29. The molecule has 0 amide bonds. The van der Waals surface area contributed by atoms with Gasteiger partial charge in [-0.05, 0) is 73.9 Å². The minimum atomic E-state index is -2.57. The number of hydrogen-bond acceptors (Lipinski definition) is 5. The van der Waals surface area contributed by atoms with Gasteiger partial charge in [0.25, 0.3) is 0 Å². The first kappa shape index (κ1) is 24.4. The highest BCUT2D eigenvalue weighted by Crippen LogP contribution is 2.53.